The summed E-state index contributed by atoms with van der Waals surface area (Å²) in [6.45, 7) is 10.1. The van der Waals surface area contributed by atoms with E-state index >= 15 is 0 Å². The van der Waals surface area contributed by atoms with Crippen molar-refractivity contribution < 1.29 is 28.9 Å². The number of carbonyl (C=O) groups excluding carboxylic acids is 1. The Kier molecular flexibility index (Phi) is 10.3. The van der Waals surface area contributed by atoms with E-state index in [1.165, 1.54) is 0 Å². The molecule has 1 aliphatic rings. The van der Waals surface area contributed by atoms with Crippen LogP contribution in [0.3, 0.4) is 0 Å². The zero-order valence-electron chi connectivity index (χ0n) is 20.0. The first-order valence-corrected chi connectivity index (χ1v) is 11.7. The van der Waals surface area contributed by atoms with Gasteiger partial charge in [-0.2, -0.15) is 0 Å². The van der Waals surface area contributed by atoms with Crippen LogP contribution >= 0.6 is 0 Å². The second-order valence-corrected chi connectivity index (χ2v) is 9.57. The molecule has 1 aliphatic carbocycles. The molecule has 0 saturated heterocycles. The Hall–Kier alpha value is -2.28. The van der Waals surface area contributed by atoms with Gasteiger partial charge in [0.1, 0.15) is 18.5 Å². The highest BCUT2D eigenvalue weighted by molar-refractivity contribution is 5.72. The molecule has 1 saturated carbocycles. The van der Waals surface area contributed by atoms with Crippen molar-refractivity contribution in [2.45, 2.75) is 78.4 Å². The summed E-state index contributed by atoms with van der Waals surface area (Å²) in [7, 11) is 0. The summed E-state index contributed by atoms with van der Waals surface area (Å²) in [6, 6.07) is 7.32. The Morgan fingerprint density at radius 3 is 2.34 bits per heavy atom. The van der Waals surface area contributed by atoms with Gasteiger partial charge in [0.15, 0.2) is 6.10 Å². The van der Waals surface area contributed by atoms with E-state index in [0.717, 1.165) is 37.7 Å². The summed E-state index contributed by atoms with van der Waals surface area (Å²) < 4.78 is 16.8. The van der Waals surface area contributed by atoms with Gasteiger partial charge in [0.2, 0.25) is 0 Å². The fourth-order valence-electron chi connectivity index (χ4n) is 3.62. The van der Waals surface area contributed by atoms with E-state index < -0.39 is 12.1 Å². The number of aliphatic carboxylic acids is 1. The quantitative estimate of drug-likeness (QED) is 0.488. The van der Waals surface area contributed by atoms with Crippen LogP contribution in [0.2, 0.25) is 0 Å². The molecule has 2 rings (SSSR count). The zero-order valence-corrected chi connectivity index (χ0v) is 20.0. The van der Waals surface area contributed by atoms with Gasteiger partial charge in [-0.25, -0.2) is 9.59 Å². The summed E-state index contributed by atoms with van der Waals surface area (Å²) in [4.78, 5) is 25.7. The Balaban J connectivity index is 1.87. The number of carbonyl (C=O) groups is 2. The predicted octanol–water partition coefficient (Wildman–Crippen LogP) is 4.92. The van der Waals surface area contributed by atoms with E-state index in [1.807, 2.05) is 24.3 Å². The highest BCUT2D eigenvalue weighted by atomic mass is 16.6. The number of amides is 1. The molecule has 1 atom stereocenters. The lowest BCUT2D eigenvalue weighted by molar-refractivity contribution is -0.149. The lowest BCUT2D eigenvalue weighted by Gasteiger charge is -2.27. The highest BCUT2D eigenvalue weighted by Gasteiger charge is 2.24. The van der Waals surface area contributed by atoms with Crippen molar-refractivity contribution in [2.75, 3.05) is 26.3 Å². The third-order valence-electron chi connectivity index (χ3n) is 5.58. The van der Waals surface area contributed by atoms with Gasteiger partial charge in [-0.05, 0) is 62.1 Å². The van der Waals surface area contributed by atoms with Gasteiger partial charge in [-0.3, -0.25) is 0 Å². The number of carboxylic acid groups (broad SMARTS) is 1. The minimum Gasteiger partial charge on any atom is -0.492 e. The van der Waals surface area contributed by atoms with Crippen LogP contribution in [0, 0.1) is 5.41 Å². The Labute approximate surface area is 192 Å². The van der Waals surface area contributed by atoms with Gasteiger partial charge in [-0.15, -0.1) is 0 Å². The van der Waals surface area contributed by atoms with Crippen LogP contribution in [0.25, 0.3) is 0 Å². The third kappa shape index (κ3) is 9.47. The first-order valence-electron chi connectivity index (χ1n) is 11.7. The van der Waals surface area contributed by atoms with Gasteiger partial charge in [0.25, 0.3) is 0 Å². The van der Waals surface area contributed by atoms with Gasteiger partial charge in [0, 0.05) is 19.6 Å². The fourth-order valence-corrected chi connectivity index (χ4v) is 3.62. The number of benzene rings is 1. The first kappa shape index (κ1) is 26.0. The molecule has 0 spiro atoms. The van der Waals surface area contributed by atoms with Crippen LogP contribution in [0.1, 0.15) is 65.4 Å². The average Bonchev–Trinajstić information content (AvgIpc) is 3.23. The maximum absolute atomic E-state index is 12.7. The van der Waals surface area contributed by atoms with Crippen molar-refractivity contribution in [3.8, 4) is 5.75 Å². The average molecular weight is 450 g/mol. The van der Waals surface area contributed by atoms with E-state index in [1.54, 1.807) is 11.8 Å². The zero-order chi connectivity index (χ0) is 23.6. The summed E-state index contributed by atoms with van der Waals surface area (Å²) >= 11 is 0. The molecule has 32 heavy (non-hydrogen) atoms. The molecular weight excluding hydrogens is 410 g/mol. The molecule has 1 fully saturated rings. The highest BCUT2D eigenvalue weighted by Crippen LogP contribution is 2.23. The number of hydrogen-bond donors (Lipinski definition) is 1. The van der Waals surface area contributed by atoms with Crippen LogP contribution in [0.5, 0.6) is 5.75 Å². The van der Waals surface area contributed by atoms with E-state index in [0.29, 0.717) is 38.5 Å². The molecular formula is C25H39NO6. The number of carboxylic acids is 1. The maximum atomic E-state index is 12.7. The third-order valence-corrected chi connectivity index (χ3v) is 5.58. The molecule has 180 valence electrons. The summed E-state index contributed by atoms with van der Waals surface area (Å²) in [5, 5.41) is 9.22. The molecule has 1 unspecified atom stereocenters. The Morgan fingerprint density at radius 2 is 1.78 bits per heavy atom. The Bertz CT molecular complexity index is 706. The molecule has 0 aromatic heterocycles. The molecule has 1 amide bonds. The smallest absolute Gasteiger partial charge is 0.410 e. The van der Waals surface area contributed by atoms with E-state index in [4.69, 9.17) is 14.2 Å². The fraction of sp³-hybridized carbons (Fsp3) is 0.680. The van der Waals surface area contributed by atoms with Gasteiger partial charge in [0.05, 0.1) is 6.54 Å². The van der Waals surface area contributed by atoms with Crippen molar-refractivity contribution in [1.29, 1.82) is 0 Å². The van der Waals surface area contributed by atoms with E-state index in [-0.39, 0.29) is 17.6 Å². The van der Waals surface area contributed by atoms with E-state index in [9.17, 15) is 14.7 Å². The predicted molar refractivity (Wildman–Crippen MR) is 123 cm³/mol. The number of ether oxygens (including phenoxy) is 3. The maximum Gasteiger partial charge on any atom is 0.410 e. The van der Waals surface area contributed by atoms with Gasteiger partial charge in [-0.1, -0.05) is 32.9 Å². The largest absolute Gasteiger partial charge is 0.492 e. The van der Waals surface area contributed by atoms with Crippen LogP contribution in [0.15, 0.2) is 24.3 Å². The topological polar surface area (TPSA) is 85.3 Å². The SMILES string of the molecule is CCOC(Cc1ccc(OCCN(CCC(C)(C)C)C(=O)OC2CCCC2)cc1)C(=O)O. The summed E-state index contributed by atoms with van der Waals surface area (Å²) in [5.41, 5.74) is 0.989. The van der Waals surface area contributed by atoms with Crippen LogP contribution in [-0.2, 0) is 20.7 Å². The number of rotatable bonds is 12. The van der Waals surface area contributed by atoms with E-state index in [2.05, 4.69) is 20.8 Å². The molecule has 7 nitrogen and oxygen atoms in total. The molecule has 7 heteroatoms. The number of hydrogen-bond acceptors (Lipinski definition) is 5. The number of nitrogens with zero attached hydrogens (tertiary/aromatic N) is 1. The molecule has 0 aliphatic heterocycles. The normalized spacial score (nSPS) is 15.4. The van der Waals surface area contributed by atoms with Crippen molar-refractivity contribution in [3.05, 3.63) is 29.8 Å². The lowest BCUT2D eigenvalue weighted by atomic mass is 9.92. The monoisotopic (exact) mass is 449 g/mol. The first-order chi connectivity index (χ1) is 15.2. The second-order valence-electron chi connectivity index (χ2n) is 9.57. The minimum atomic E-state index is -0.966. The van der Waals surface area contributed by atoms with Crippen molar-refractivity contribution >= 4 is 12.1 Å². The minimum absolute atomic E-state index is 0.0411. The standard InChI is InChI=1S/C25H39NO6/c1-5-30-22(23(27)28)18-19-10-12-20(13-11-19)31-17-16-26(15-14-25(2,3)4)24(29)32-21-8-6-7-9-21/h10-13,21-22H,5-9,14-18H2,1-4H3,(H,27,28). The summed E-state index contributed by atoms with van der Waals surface area (Å²) in [5.74, 6) is -0.288. The molecule has 1 aromatic carbocycles. The second kappa shape index (κ2) is 12.7. The molecule has 0 heterocycles. The van der Waals surface area contributed by atoms with Gasteiger partial charge >= 0.3 is 12.1 Å². The van der Waals surface area contributed by atoms with Crippen LogP contribution < -0.4 is 4.74 Å². The van der Waals surface area contributed by atoms with Crippen LogP contribution in [-0.4, -0.2) is 60.6 Å². The van der Waals surface area contributed by atoms with Crippen molar-refractivity contribution in [3.63, 3.8) is 0 Å². The lowest BCUT2D eigenvalue weighted by Crippen LogP contribution is -2.38. The molecule has 0 bridgehead atoms. The van der Waals surface area contributed by atoms with Gasteiger partial charge < -0.3 is 24.2 Å². The van der Waals surface area contributed by atoms with Crippen LogP contribution in [0.4, 0.5) is 4.79 Å². The van der Waals surface area contributed by atoms with Crippen molar-refractivity contribution in [1.82, 2.24) is 4.90 Å². The van der Waals surface area contributed by atoms with Crippen molar-refractivity contribution in [2.24, 2.45) is 5.41 Å². The molecule has 1 aromatic rings. The molecule has 0 radical (unpaired) electrons. The summed E-state index contributed by atoms with van der Waals surface area (Å²) in [6.07, 6.45) is 4.27. The molecule has 1 N–H and O–H groups in total. The Morgan fingerprint density at radius 1 is 1.12 bits per heavy atom.